The largest absolute Gasteiger partial charge is 0.255 e. The summed E-state index contributed by atoms with van der Waals surface area (Å²) in [6, 6.07) is 13.7. The van der Waals surface area contributed by atoms with Gasteiger partial charge in [0.2, 0.25) is 0 Å². The van der Waals surface area contributed by atoms with Crippen LogP contribution in [0, 0.1) is 13.8 Å². The van der Waals surface area contributed by atoms with Crippen LogP contribution in [-0.4, -0.2) is 4.98 Å². The standard InChI is InChI=1S/C27H23NS3/c1-14-15(2)30-21-7-6-18-19-8-10-28-23(26(19)31-25(18)22(14)21)17-12-16-9-11-29-24(16)20(13-17)27(3,4)5/h6-13H,1-5H3. The minimum Gasteiger partial charge on any atom is -0.255 e. The summed E-state index contributed by atoms with van der Waals surface area (Å²) in [7, 11) is 0. The molecule has 2 aromatic carbocycles. The number of rotatable bonds is 1. The molecule has 0 N–H and O–H groups in total. The third-order valence-electron chi connectivity index (χ3n) is 6.32. The van der Waals surface area contributed by atoms with Gasteiger partial charge in [-0.25, -0.2) is 0 Å². The summed E-state index contributed by atoms with van der Waals surface area (Å²) in [5.41, 5.74) is 5.24. The first-order valence-corrected chi connectivity index (χ1v) is 13.1. The number of thiophene rings is 3. The van der Waals surface area contributed by atoms with Crippen molar-refractivity contribution in [1.82, 2.24) is 4.98 Å². The fourth-order valence-electron chi connectivity index (χ4n) is 4.59. The number of benzene rings is 2. The Morgan fingerprint density at radius 1 is 0.839 bits per heavy atom. The van der Waals surface area contributed by atoms with Crippen LogP contribution in [0.5, 0.6) is 0 Å². The summed E-state index contributed by atoms with van der Waals surface area (Å²) in [6.45, 7) is 11.4. The maximum absolute atomic E-state index is 4.91. The van der Waals surface area contributed by atoms with Gasteiger partial charge in [-0.15, -0.1) is 34.0 Å². The van der Waals surface area contributed by atoms with Gasteiger partial charge in [0, 0.05) is 46.9 Å². The fraction of sp³-hybridized carbons (Fsp3) is 0.222. The van der Waals surface area contributed by atoms with E-state index in [0.29, 0.717) is 0 Å². The molecular weight excluding hydrogens is 435 g/mol. The van der Waals surface area contributed by atoms with Crippen molar-refractivity contribution in [2.45, 2.75) is 40.0 Å². The minimum absolute atomic E-state index is 0.0879. The van der Waals surface area contributed by atoms with Gasteiger partial charge in [0.05, 0.1) is 10.4 Å². The summed E-state index contributed by atoms with van der Waals surface area (Å²) < 4.78 is 5.48. The highest BCUT2D eigenvalue weighted by Crippen LogP contribution is 2.46. The number of aryl methyl sites for hydroxylation is 2. The molecule has 1 nitrogen and oxygen atoms in total. The summed E-state index contributed by atoms with van der Waals surface area (Å²) in [6.07, 6.45) is 1.98. The molecule has 4 heteroatoms. The quantitative estimate of drug-likeness (QED) is 0.239. The molecule has 4 aromatic heterocycles. The molecule has 0 radical (unpaired) electrons. The van der Waals surface area contributed by atoms with E-state index in [0.717, 1.165) is 5.69 Å². The number of fused-ring (bicyclic) bond motifs is 6. The zero-order valence-corrected chi connectivity index (χ0v) is 20.7. The highest BCUT2D eigenvalue weighted by molar-refractivity contribution is 7.28. The normalized spacial score (nSPS) is 12.7. The fourth-order valence-corrected chi connectivity index (χ4v) is 8.25. The van der Waals surface area contributed by atoms with Crippen molar-refractivity contribution in [2.75, 3.05) is 0 Å². The monoisotopic (exact) mass is 457 g/mol. The zero-order chi connectivity index (χ0) is 21.5. The third-order valence-corrected chi connectivity index (χ3v) is 9.70. The van der Waals surface area contributed by atoms with Gasteiger partial charge >= 0.3 is 0 Å². The molecule has 0 aliphatic rings. The van der Waals surface area contributed by atoms with Crippen LogP contribution in [0.15, 0.2) is 48.0 Å². The van der Waals surface area contributed by atoms with Crippen LogP contribution in [0.2, 0.25) is 0 Å². The molecule has 0 amide bonds. The van der Waals surface area contributed by atoms with Crippen LogP contribution in [0.3, 0.4) is 0 Å². The summed E-state index contributed by atoms with van der Waals surface area (Å²) >= 11 is 5.65. The van der Waals surface area contributed by atoms with Gasteiger partial charge in [0.25, 0.3) is 0 Å². The molecule has 0 atom stereocenters. The van der Waals surface area contributed by atoms with Gasteiger partial charge in [-0.05, 0) is 71.5 Å². The lowest BCUT2D eigenvalue weighted by molar-refractivity contribution is 0.597. The molecule has 0 spiro atoms. The highest BCUT2D eigenvalue weighted by Gasteiger charge is 2.21. The van der Waals surface area contributed by atoms with E-state index in [1.165, 1.54) is 61.9 Å². The lowest BCUT2D eigenvalue weighted by Crippen LogP contribution is -2.11. The molecule has 0 saturated carbocycles. The summed E-state index contributed by atoms with van der Waals surface area (Å²) in [4.78, 5) is 6.32. The molecule has 0 aliphatic heterocycles. The molecule has 0 saturated heterocycles. The van der Waals surface area contributed by atoms with Crippen molar-refractivity contribution in [3.05, 3.63) is 64.0 Å². The molecule has 6 aromatic rings. The molecule has 0 unspecified atom stereocenters. The number of aromatic nitrogens is 1. The Hall–Kier alpha value is -2.27. The van der Waals surface area contributed by atoms with Crippen LogP contribution in [0.4, 0.5) is 0 Å². The molecule has 0 bridgehead atoms. The Bertz CT molecular complexity index is 1640. The molecular formula is C27H23NS3. The van der Waals surface area contributed by atoms with Crippen LogP contribution >= 0.6 is 34.0 Å². The maximum atomic E-state index is 4.91. The Morgan fingerprint density at radius 3 is 2.45 bits per heavy atom. The maximum Gasteiger partial charge on any atom is 0.0880 e. The van der Waals surface area contributed by atoms with Gasteiger partial charge in [-0.2, -0.15) is 0 Å². The summed E-state index contributed by atoms with van der Waals surface area (Å²) in [5, 5.41) is 7.62. The van der Waals surface area contributed by atoms with Crippen molar-refractivity contribution >= 4 is 74.4 Å². The smallest absolute Gasteiger partial charge is 0.0880 e. The van der Waals surface area contributed by atoms with E-state index in [2.05, 4.69) is 76.4 Å². The first kappa shape index (κ1) is 19.4. The van der Waals surface area contributed by atoms with Crippen LogP contribution in [-0.2, 0) is 5.41 Å². The lowest BCUT2D eigenvalue weighted by Gasteiger charge is -2.21. The number of pyridine rings is 1. The first-order valence-electron chi connectivity index (χ1n) is 10.5. The third kappa shape index (κ3) is 2.82. The molecule has 4 heterocycles. The molecule has 0 aliphatic carbocycles. The predicted octanol–water partition coefficient (Wildman–Crippen LogP) is 9.46. The van der Waals surface area contributed by atoms with Gasteiger partial charge in [-0.3, -0.25) is 4.98 Å². The summed E-state index contributed by atoms with van der Waals surface area (Å²) in [5.74, 6) is 0. The lowest BCUT2D eigenvalue weighted by atomic mass is 9.85. The average Bonchev–Trinajstić information content (AvgIpc) is 3.42. The van der Waals surface area contributed by atoms with E-state index >= 15 is 0 Å². The van der Waals surface area contributed by atoms with Crippen LogP contribution in [0.25, 0.3) is 51.6 Å². The molecule has 31 heavy (non-hydrogen) atoms. The topological polar surface area (TPSA) is 12.9 Å². The molecule has 6 rings (SSSR count). The van der Waals surface area contributed by atoms with E-state index in [4.69, 9.17) is 4.98 Å². The van der Waals surface area contributed by atoms with Crippen molar-refractivity contribution in [3.63, 3.8) is 0 Å². The van der Waals surface area contributed by atoms with E-state index < -0.39 is 0 Å². The van der Waals surface area contributed by atoms with E-state index in [9.17, 15) is 0 Å². The van der Waals surface area contributed by atoms with Crippen molar-refractivity contribution < 1.29 is 0 Å². The number of nitrogens with zero attached hydrogens (tertiary/aromatic N) is 1. The molecule has 154 valence electrons. The van der Waals surface area contributed by atoms with Gasteiger partial charge < -0.3 is 0 Å². The zero-order valence-electron chi connectivity index (χ0n) is 18.3. The van der Waals surface area contributed by atoms with Crippen molar-refractivity contribution in [1.29, 1.82) is 0 Å². The average molecular weight is 458 g/mol. The van der Waals surface area contributed by atoms with Gasteiger partial charge in [-0.1, -0.05) is 26.8 Å². The first-order chi connectivity index (χ1) is 14.8. The number of hydrogen-bond donors (Lipinski definition) is 0. The van der Waals surface area contributed by atoms with E-state index in [-0.39, 0.29) is 5.41 Å². The van der Waals surface area contributed by atoms with Crippen molar-refractivity contribution in [2.24, 2.45) is 0 Å². The Labute approximate surface area is 194 Å². The van der Waals surface area contributed by atoms with Gasteiger partial charge in [0.1, 0.15) is 0 Å². The number of hydrogen-bond acceptors (Lipinski definition) is 4. The second-order valence-corrected chi connectivity index (χ2v) is 12.5. The van der Waals surface area contributed by atoms with E-state index in [1.54, 1.807) is 0 Å². The second-order valence-electron chi connectivity index (χ2n) is 9.35. The highest BCUT2D eigenvalue weighted by atomic mass is 32.1. The Kier molecular flexibility index (Phi) is 4.14. The molecule has 0 fully saturated rings. The van der Waals surface area contributed by atoms with Crippen molar-refractivity contribution in [3.8, 4) is 11.3 Å². The second kappa shape index (κ2) is 6.61. The minimum atomic E-state index is 0.0879. The SMILES string of the molecule is Cc1sc2ccc3c4ccnc(-c5cc(C(C)(C)C)c6sccc6c5)c4sc3c2c1C. The van der Waals surface area contributed by atoms with Crippen LogP contribution < -0.4 is 0 Å². The Morgan fingerprint density at radius 2 is 1.65 bits per heavy atom. The van der Waals surface area contributed by atoms with Gasteiger partial charge in [0.15, 0.2) is 0 Å². The van der Waals surface area contributed by atoms with Crippen LogP contribution in [0.1, 0.15) is 36.8 Å². The Balaban J connectivity index is 1.71. The van der Waals surface area contributed by atoms with E-state index in [1.807, 2.05) is 40.2 Å². The predicted molar refractivity (Wildman–Crippen MR) is 142 cm³/mol.